The number of unbranched alkanes of at least 4 members (excludes halogenated alkanes) is 1. The molecule has 4 aliphatic rings. The summed E-state index contributed by atoms with van der Waals surface area (Å²) in [6.45, 7) is 3.08. The summed E-state index contributed by atoms with van der Waals surface area (Å²) >= 11 is 0. The number of nitrogens with zero attached hydrogens (tertiary/aromatic N) is 3. The predicted molar refractivity (Wildman–Crippen MR) is 136 cm³/mol. The molecule has 4 fully saturated rings. The summed E-state index contributed by atoms with van der Waals surface area (Å²) in [6.07, 6.45) is 10.9. The van der Waals surface area contributed by atoms with Gasteiger partial charge in [-0.3, -0.25) is 4.79 Å². The summed E-state index contributed by atoms with van der Waals surface area (Å²) in [6, 6.07) is 20.7. The molecule has 0 aliphatic heterocycles. The van der Waals surface area contributed by atoms with E-state index in [9.17, 15) is 4.79 Å². The van der Waals surface area contributed by atoms with E-state index in [0.29, 0.717) is 17.9 Å². The molecule has 4 heteroatoms. The van der Waals surface area contributed by atoms with Gasteiger partial charge in [0.2, 0.25) is 0 Å². The first-order valence-corrected chi connectivity index (χ1v) is 13.2. The Balaban J connectivity index is 1.40. The highest BCUT2D eigenvalue weighted by atomic mass is 16.2. The molecule has 4 aliphatic carbocycles. The molecule has 4 bridgehead atoms. The van der Waals surface area contributed by atoms with Gasteiger partial charge in [0.15, 0.2) is 0 Å². The quantitative estimate of drug-likeness (QED) is 0.404. The molecule has 4 nitrogen and oxygen atoms in total. The Morgan fingerprint density at radius 3 is 2.15 bits per heavy atom. The van der Waals surface area contributed by atoms with Crippen molar-refractivity contribution in [2.75, 3.05) is 6.54 Å². The van der Waals surface area contributed by atoms with E-state index < -0.39 is 0 Å². The second-order valence-electron chi connectivity index (χ2n) is 10.8. The molecule has 1 aromatic heterocycles. The summed E-state index contributed by atoms with van der Waals surface area (Å²) < 4.78 is 1.88. The third-order valence-electron chi connectivity index (χ3n) is 8.56. The predicted octanol–water partition coefficient (Wildman–Crippen LogP) is 6.61. The van der Waals surface area contributed by atoms with Gasteiger partial charge in [0.05, 0.1) is 11.3 Å². The fraction of sp³-hybridized carbons (Fsp3) is 0.467. The van der Waals surface area contributed by atoms with Crippen molar-refractivity contribution in [3.63, 3.8) is 0 Å². The lowest BCUT2D eigenvalue weighted by atomic mass is 9.54. The molecule has 0 radical (unpaired) electrons. The highest BCUT2D eigenvalue weighted by Gasteiger charge is 2.51. The largest absolute Gasteiger partial charge is 0.335 e. The number of aromatic nitrogens is 2. The van der Waals surface area contributed by atoms with Gasteiger partial charge < -0.3 is 4.90 Å². The fourth-order valence-corrected chi connectivity index (χ4v) is 7.33. The standard InChI is InChI=1S/C30H35N3O/c1-2-3-14-32(29-24-16-21-15-22(18-24)19-25(29)17-21)30(34)27-20-33(26-12-8-5-9-13-26)31-28(27)23-10-6-4-7-11-23/h4-13,20-22,24-25,29H,2-3,14-19H2,1H3. The maximum absolute atomic E-state index is 14.4. The maximum Gasteiger partial charge on any atom is 0.257 e. The van der Waals surface area contributed by atoms with Crippen LogP contribution in [0.15, 0.2) is 66.9 Å². The molecule has 0 unspecified atom stereocenters. The Kier molecular flexibility index (Phi) is 5.76. The van der Waals surface area contributed by atoms with Crippen molar-refractivity contribution >= 4 is 5.91 Å². The van der Waals surface area contributed by atoms with Gasteiger partial charge in [-0.15, -0.1) is 0 Å². The lowest BCUT2D eigenvalue weighted by Crippen LogP contribution is -2.57. The van der Waals surface area contributed by atoms with Gasteiger partial charge in [0.25, 0.3) is 5.91 Å². The molecule has 1 heterocycles. The molecular weight excluding hydrogens is 418 g/mol. The number of hydrogen-bond donors (Lipinski definition) is 0. The summed E-state index contributed by atoms with van der Waals surface area (Å²) in [5, 5.41) is 4.94. The summed E-state index contributed by atoms with van der Waals surface area (Å²) in [7, 11) is 0. The molecular formula is C30H35N3O. The molecule has 176 valence electrons. The number of para-hydroxylation sites is 1. The number of rotatable bonds is 7. The van der Waals surface area contributed by atoms with Crippen molar-refractivity contribution in [1.29, 1.82) is 0 Å². The van der Waals surface area contributed by atoms with Crippen LogP contribution in [0.25, 0.3) is 16.9 Å². The first-order chi connectivity index (χ1) is 16.7. The minimum atomic E-state index is 0.173. The smallest absolute Gasteiger partial charge is 0.257 e. The monoisotopic (exact) mass is 453 g/mol. The Morgan fingerprint density at radius 1 is 0.912 bits per heavy atom. The molecule has 0 spiro atoms. The highest BCUT2D eigenvalue weighted by Crippen LogP contribution is 2.55. The van der Waals surface area contributed by atoms with Gasteiger partial charge in [0.1, 0.15) is 5.69 Å². The average molecular weight is 454 g/mol. The average Bonchev–Trinajstić information content (AvgIpc) is 3.32. The SMILES string of the molecule is CCCCN(C(=O)c1cn(-c2ccccc2)nc1-c1ccccc1)C1C2CC3CC(C2)CC1C3. The molecule has 1 amide bonds. The topological polar surface area (TPSA) is 38.1 Å². The Bertz CT molecular complexity index is 1110. The third kappa shape index (κ3) is 3.87. The summed E-state index contributed by atoms with van der Waals surface area (Å²) in [4.78, 5) is 16.7. The molecule has 4 saturated carbocycles. The van der Waals surface area contributed by atoms with E-state index in [1.165, 1.54) is 32.1 Å². The van der Waals surface area contributed by atoms with Crippen LogP contribution < -0.4 is 0 Å². The van der Waals surface area contributed by atoms with Crippen molar-refractivity contribution in [2.24, 2.45) is 23.7 Å². The number of hydrogen-bond acceptors (Lipinski definition) is 2. The fourth-order valence-electron chi connectivity index (χ4n) is 7.33. The van der Waals surface area contributed by atoms with Crippen LogP contribution in [0.5, 0.6) is 0 Å². The van der Waals surface area contributed by atoms with Gasteiger partial charge in [0, 0.05) is 24.3 Å². The van der Waals surface area contributed by atoms with Crippen molar-refractivity contribution in [3.05, 3.63) is 72.4 Å². The van der Waals surface area contributed by atoms with Crippen LogP contribution in [-0.2, 0) is 0 Å². The van der Waals surface area contributed by atoms with Crippen LogP contribution in [0.2, 0.25) is 0 Å². The van der Waals surface area contributed by atoms with Crippen molar-refractivity contribution < 1.29 is 4.79 Å². The second kappa shape index (κ2) is 9.05. The zero-order valence-corrected chi connectivity index (χ0v) is 20.1. The maximum atomic E-state index is 14.4. The van der Waals surface area contributed by atoms with E-state index in [1.807, 2.05) is 59.4 Å². The van der Waals surface area contributed by atoms with Gasteiger partial charge >= 0.3 is 0 Å². The number of amides is 1. The minimum absolute atomic E-state index is 0.173. The van der Waals surface area contributed by atoms with Crippen molar-refractivity contribution in [2.45, 2.75) is 57.9 Å². The zero-order chi connectivity index (χ0) is 23.1. The van der Waals surface area contributed by atoms with Crippen LogP contribution in [0.4, 0.5) is 0 Å². The lowest BCUT2D eigenvalue weighted by molar-refractivity contribution is -0.0558. The second-order valence-corrected chi connectivity index (χ2v) is 10.8. The summed E-state index contributed by atoms with van der Waals surface area (Å²) in [5.41, 5.74) is 3.51. The van der Waals surface area contributed by atoms with E-state index in [2.05, 4.69) is 24.0 Å². The minimum Gasteiger partial charge on any atom is -0.335 e. The lowest BCUT2D eigenvalue weighted by Gasteiger charge is -2.57. The van der Waals surface area contributed by atoms with Gasteiger partial charge in [-0.2, -0.15) is 5.10 Å². The van der Waals surface area contributed by atoms with Crippen LogP contribution >= 0.6 is 0 Å². The van der Waals surface area contributed by atoms with E-state index in [1.54, 1.807) is 0 Å². The number of carbonyl (C=O) groups is 1. The first kappa shape index (κ1) is 21.6. The molecule has 34 heavy (non-hydrogen) atoms. The molecule has 2 aromatic carbocycles. The van der Waals surface area contributed by atoms with E-state index in [0.717, 1.165) is 53.7 Å². The van der Waals surface area contributed by atoms with Crippen LogP contribution in [0.1, 0.15) is 62.2 Å². The molecule has 3 aromatic rings. The molecule has 0 atom stereocenters. The van der Waals surface area contributed by atoms with E-state index >= 15 is 0 Å². The summed E-state index contributed by atoms with van der Waals surface area (Å²) in [5.74, 6) is 3.35. The Morgan fingerprint density at radius 2 is 1.53 bits per heavy atom. The van der Waals surface area contributed by atoms with Crippen molar-refractivity contribution in [1.82, 2.24) is 14.7 Å². The Labute approximate surface area is 203 Å². The van der Waals surface area contributed by atoms with Gasteiger partial charge in [-0.1, -0.05) is 61.9 Å². The van der Waals surface area contributed by atoms with E-state index in [4.69, 9.17) is 5.10 Å². The van der Waals surface area contributed by atoms with Gasteiger partial charge in [-0.05, 0) is 74.3 Å². The van der Waals surface area contributed by atoms with Gasteiger partial charge in [-0.25, -0.2) is 4.68 Å². The van der Waals surface area contributed by atoms with Crippen molar-refractivity contribution in [3.8, 4) is 16.9 Å². The molecule has 7 rings (SSSR count). The zero-order valence-electron chi connectivity index (χ0n) is 20.1. The number of carbonyl (C=O) groups excluding carboxylic acids is 1. The van der Waals surface area contributed by atoms with Crippen LogP contribution in [-0.4, -0.2) is 33.2 Å². The molecule has 0 N–H and O–H groups in total. The van der Waals surface area contributed by atoms with E-state index in [-0.39, 0.29) is 5.91 Å². The highest BCUT2D eigenvalue weighted by molar-refractivity contribution is 6.00. The Hall–Kier alpha value is -2.88. The third-order valence-corrected chi connectivity index (χ3v) is 8.56. The van der Waals surface area contributed by atoms with Crippen LogP contribution in [0, 0.1) is 23.7 Å². The first-order valence-electron chi connectivity index (χ1n) is 13.2. The number of benzene rings is 2. The molecule has 0 saturated heterocycles. The van der Waals surface area contributed by atoms with Crippen LogP contribution in [0.3, 0.4) is 0 Å². The normalized spacial score (nSPS) is 27.1.